The van der Waals surface area contributed by atoms with Crippen LogP contribution in [0.1, 0.15) is 56.0 Å². The van der Waals surface area contributed by atoms with Crippen molar-refractivity contribution in [3.63, 3.8) is 0 Å². The Bertz CT molecular complexity index is 757. The summed E-state index contributed by atoms with van der Waals surface area (Å²) in [5.74, 6) is -1.56. The highest BCUT2D eigenvalue weighted by atomic mass is 32.2. The molecule has 0 aromatic heterocycles. The van der Waals surface area contributed by atoms with Crippen molar-refractivity contribution in [2.45, 2.75) is 62.8 Å². The second-order valence-corrected chi connectivity index (χ2v) is 9.91. The largest absolute Gasteiger partial charge is 0.481 e. The summed E-state index contributed by atoms with van der Waals surface area (Å²) < 4.78 is 0. The van der Waals surface area contributed by atoms with Gasteiger partial charge in [-0.3, -0.25) is 9.59 Å². The first-order valence-corrected chi connectivity index (χ1v) is 10.8. The van der Waals surface area contributed by atoms with Gasteiger partial charge in [-0.1, -0.05) is 51.5 Å². The van der Waals surface area contributed by atoms with Gasteiger partial charge >= 0.3 is 12.0 Å². The van der Waals surface area contributed by atoms with Gasteiger partial charge in [0, 0.05) is 16.6 Å². The van der Waals surface area contributed by atoms with Gasteiger partial charge in [0.2, 0.25) is 0 Å². The van der Waals surface area contributed by atoms with E-state index in [2.05, 4.69) is 31.4 Å². The van der Waals surface area contributed by atoms with Crippen LogP contribution in [0.4, 0.5) is 4.79 Å². The Balaban J connectivity index is 1.58. The zero-order valence-electron chi connectivity index (χ0n) is 16.5. The Kier molecular flexibility index (Phi) is 6.03. The van der Waals surface area contributed by atoms with Crippen molar-refractivity contribution in [3.8, 4) is 0 Å². The molecule has 0 saturated carbocycles. The number of carboxylic acid groups (broad SMARTS) is 1. The van der Waals surface area contributed by atoms with Gasteiger partial charge in [-0.2, -0.15) is 11.8 Å². The number of amides is 2. The van der Waals surface area contributed by atoms with Gasteiger partial charge in [-0.05, 0) is 23.8 Å². The van der Waals surface area contributed by atoms with Crippen LogP contribution in [0, 0.1) is 5.92 Å². The van der Waals surface area contributed by atoms with Crippen LogP contribution in [-0.2, 0) is 10.2 Å². The summed E-state index contributed by atoms with van der Waals surface area (Å²) in [7, 11) is 0. The average Bonchev–Trinajstić information content (AvgIpc) is 3.17. The molecular formula is C21H28N2O4S. The highest BCUT2D eigenvalue weighted by molar-refractivity contribution is 8.00. The van der Waals surface area contributed by atoms with E-state index in [1.807, 2.05) is 12.1 Å². The van der Waals surface area contributed by atoms with Crippen LogP contribution >= 0.6 is 11.8 Å². The van der Waals surface area contributed by atoms with E-state index in [0.29, 0.717) is 18.4 Å². The molecule has 0 bridgehead atoms. The minimum absolute atomic E-state index is 0.0188. The van der Waals surface area contributed by atoms with E-state index in [9.17, 15) is 19.5 Å². The third-order valence-corrected chi connectivity index (χ3v) is 7.08. The van der Waals surface area contributed by atoms with E-state index in [0.717, 1.165) is 17.7 Å². The summed E-state index contributed by atoms with van der Waals surface area (Å²) in [6.45, 7) is 6.29. The molecular weight excluding hydrogens is 376 g/mol. The Morgan fingerprint density at radius 2 is 1.89 bits per heavy atom. The van der Waals surface area contributed by atoms with Crippen molar-refractivity contribution < 1.29 is 19.5 Å². The molecule has 2 fully saturated rings. The number of hydrogen-bond donors (Lipinski definition) is 3. The number of hydrogen-bond acceptors (Lipinski definition) is 4. The van der Waals surface area contributed by atoms with E-state index < -0.39 is 11.9 Å². The predicted octanol–water partition coefficient (Wildman–Crippen LogP) is 3.20. The molecule has 0 radical (unpaired) electrons. The molecule has 0 aliphatic carbocycles. The molecule has 1 unspecified atom stereocenters. The Morgan fingerprint density at radius 3 is 2.50 bits per heavy atom. The van der Waals surface area contributed by atoms with Crippen molar-refractivity contribution in [1.29, 1.82) is 0 Å². The molecule has 3 rings (SSSR count). The van der Waals surface area contributed by atoms with Gasteiger partial charge in [0.15, 0.2) is 5.78 Å². The molecule has 2 heterocycles. The number of Topliss-reactive ketones (excluding diaryl/α,β-unsaturated/α-hetero) is 1. The SMILES string of the molecule is CC(C)(C)c1ccc(C(=O)C(CCC[C@@H]2SC[C@@H]3NC(=O)N[C@@H]32)C(=O)O)cc1. The van der Waals surface area contributed by atoms with Crippen molar-refractivity contribution in [2.75, 3.05) is 5.75 Å². The topological polar surface area (TPSA) is 95.5 Å². The first kappa shape index (κ1) is 20.7. The summed E-state index contributed by atoms with van der Waals surface area (Å²) in [4.78, 5) is 35.9. The summed E-state index contributed by atoms with van der Waals surface area (Å²) in [6, 6.07) is 7.39. The fourth-order valence-corrected chi connectivity index (χ4v) is 5.41. The van der Waals surface area contributed by atoms with Gasteiger partial charge in [-0.15, -0.1) is 0 Å². The summed E-state index contributed by atoms with van der Waals surface area (Å²) in [5.41, 5.74) is 1.54. The zero-order chi connectivity index (χ0) is 20.5. The van der Waals surface area contributed by atoms with E-state index in [-0.39, 0.29) is 34.6 Å². The van der Waals surface area contributed by atoms with Crippen LogP contribution in [0.15, 0.2) is 24.3 Å². The molecule has 4 atom stereocenters. The highest BCUT2D eigenvalue weighted by Gasteiger charge is 2.42. The molecule has 152 valence electrons. The molecule has 2 aliphatic heterocycles. The predicted molar refractivity (Wildman–Crippen MR) is 110 cm³/mol. The Morgan fingerprint density at radius 1 is 1.21 bits per heavy atom. The fourth-order valence-electron chi connectivity index (χ4n) is 3.87. The number of carboxylic acids is 1. The van der Waals surface area contributed by atoms with Crippen molar-refractivity contribution in [3.05, 3.63) is 35.4 Å². The lowest BCUT2D eigenvalue weighted by molar-refractivity contribution is -0.140. The lowest BCUT2D eigenvalue weighted by Gasteiger charge is -2.20. The molecule has 0 spiro atoms. The van der Waals surface area contributed by atoms with Gasteiger partial charge < -0.3 is 15.7 Å². The smallest absolute Gasteiger partial charge is 0.315 e. The van der Waals surface area contributed by atoms with E-state index in [1.165, 1.54) is 0 Å². The quantitative estimate of drug-likeness (QED) is 0.368. The highest BCUT2D eigenvalue weighted by Crippen LogP contribution is 2.33. The molecule has 3 N–H and O–H groups in total. The van der Waals surface area contributed by atoms with Crippen molar-refractivity contribution >= 4 is 29.5 Å². The third-order valence-electron chi connectivity index (χ3n) is 5.57. The van der Waals surface area contributed by atoms with E-state index >= 15 is 0 Å². The van der Waals surface area contributed by atoms with Gasteiger partial charge in [0.05, 0.1) is 12.1 Å². The monoisotopic (exact) mass is 404 g/mol. The number of carbonyl (C=O) groups is 3. The minimum Gasteiger partial charge on any atom is -0.481 e. The van der Waals surface area contributed by atoms with Crippen LogP contribution in [-0.4, -0.2) is 46.0 Å². The van der Waals surface area contributed by atoms with Crippen LogP contribution in [0.3, 0.4) is 0 Å². The van der Waals surface area contributed by atoms with Crippen molar-refractivity contribution in [2.24, 2.45) is 5.92 Å². The van der Waals surface area contributed by atoms with Gasteiger partial charge in [0.25, 0.3) is 0 Å². The molecule has 6 nitrogen and oxygen atoms in total. The lowest BCUT2D eigenvalue weighted by atomic mass is 9.85. The number of nitrogens with one attached hydrogen (secondary N) is 2. The van der Waals surface area contributed by atoms with Crippen LogP contribution in [0.5, 0.6) is 0 Å². The molecule has 2 saturated heterocycles. The summed E-state index contributed by atoms with van der Waals surface area (Å²) >= 11 is 1.80. The van der Waals surface area contributed by atoms with E-state index in [1.54, 1.807) is 23.9 Å². The second kappa shape index (κ2) is 8.15. The summed E-state index contributed by atoms with van der Waals surface area (Å²) in [6.07, 6.45) is 1.73. The Hall–Kier alpha value is -2.02. The molecule has 1 aromatic rings. The number of benzene rings is 1. The lowest BCUT2D eigenvalue weighted by Crippen LogP contribution is -2.37. The van der Waals surface area contributed by atoms with Gasteiger partial charge in [-0.25, -0.2) is 4.79 Å². The number of thioether (sulfide) groups is 1. The number of ketones is 1. The molecule has 28 heavy (non-hydrogen) atoms. The van der Waals surface area contributed by atoms with Crippen LogP contribution in [0.25, 0.3) is 0 Å². The fraction of sp³-hybridized carbons (Fsp3) is 0.571. The molecule has 1 aromatic carbocycles. The number of urea groups is 1. The molecule has 2 aliphatic rings. The second-order valence-electron chi connectivity index (χ2n) is 8.64. The number of rotatable bonds is 7. The maximum Gasteiger partial charge on any atom is 0.315 e. The number of aliphatic carboxylic acids is 1. The van der Waals surface area contributed by atoms with Crippen LogP contribution in [0.2, 0.25) is 0 Å². The normalized spacial score (nSPS) is 25.0. The third kappa shape index (κ3) is 4.51. The first-order chi connectivity index (χ1) is 13.2. The molecule has 2 amide bonds. The van der Waals surface area contributed by atoms with Crippen LogP contribution < -0.4 is 10.6 Å². The maximum absolute atomic E-state index is 12.7. The summed E-state index contributed by atoms with van der Waals surface area (Å²) in [5, 5.41) is 15.7. The van der Waals surface area contributed by atoms with E-state index in [4.69, 9.17) is 0 Å². The van der Waals surface area contributed by atoms with Crippen molar-refractivity contribution in [1.82, 2.24) is 10.6 Å². The molecule has 7 heteroatoms. The minimum atomic E-state index is -1.07. The van der Waals surface area contributed by atoms with Gasteiger partial charge in [0.1, 0.15) is 5.92 Å². The number of fused-ring (bicyclic) bond motifs is 1. The average molecular weight is 405 g/mol. The standard InChI is InChI=1S/C21H28N2O4S/c1-21(2,3)13-9-7-12(8-10-13)18(24)14(19(25)26)5-4-6-16-17-15(11-28-16)22-20(27)23-17/h7-10,14-17H,4-6,11H2,1-3H3,(H,25,26)(H2,22,23,27)/t14?,15-,16-,17-/m0/s1. The Labute approximate surface area is 169 Å². The first-order valence-electron chi connectivity index (χ1n) is 9.73. The maximum atomic E-state index is 12.7. The number of carbonyl (C=O) groups excluding carboxylic acids is 2. The zero-order valence-corrected chi connectivity index (χ0v) is 17.3.